The van der Waals surface area contributed by atoms with Crippen molar-refractivity contribution < 1.29 is 17.7 Å². The summed E-state index contributed by atoms with van der Waals surface area (Å²) in [6, 6.07) is 12.2. The monoisotopic (exact) mass is 384 g/mol. The second-order valence-electron chi connectivity index (χ2n) is 4.73. The molecule has 2 rings (SSSR count). The number of benzene rings is 2. The van der Waals surface area contributed by atoms with Gasteiger partial charge in [-0.3, -0.25) is 4.55 Å². The lowest BCUT2D eigenvalue weighted by atomic mass is 9.98. The molecule has 22 heavy (non-hydrogen) atoms. The van der Waals surface area contributed by atoms with Crippen LogP contribution in [0.3, 0.4) is 0 Å². The molecule has 6 heteroatoms. The van der Waals surface area contributed by atoms with Crippen LogP contribution in [-0.4, -0.2) is 19.6 Å². The molecule has 0 saturated carbocycles. The summed E-state index contributed by atoms with van der Waals surface area (Å²) in [6.07, 6.45) is 0. The van der Waals surface area contributed by atoms with Crippen molar-refractivity contribution in [3.05, 3.63) is 53.6 Å². The molecule has 1 N–H and O–H groups in total. The van der Waals surface area contributed by atoms with E-state index in [1.54, 1.807) is 18.2 Å². The molecule has 4 nitrogen and oxygen atoms in total. The maximum atomic E-state index is 11.6. The lowest BCUT2D eigenvalue weighted by molar-refractivity contribution is 0.134. The van der Waals surface area contributed by atoms with E-state index in [1.807, 2.05) is 25.1 Å². The van der Waals surface area contributed by atoms with Gasteiger partial charge in [0, 0.05) is 17.5 Å². The van der Waals surface area contributed by atoms with Crippen LogP contribution in [0.2, 0.25) is 0 Å². The van der Waals surface area contributed by atoms with Gasteiger partial charge in [-0.15, -0.1) is 0 Å². The van der Waals surface area contributed by atoms with Crippen molar-refractivity contribution in [2.45, 2.75) is 23.8 Å². The van der Waals surface area contributed by atoms with Gasteiger partial charge < -0.3 is 4.74 Å². The number of hydrogen-bond donors (Lipinski definition) is 1. The normalized spacial score (nSPS) is 11.6. The molecule has 0 unspecified atom stereocenters. The van der Waals surface area contributed by atoms with Crippen LogP contribution < -0.4 is 0 Å². The number of halogens is 1. The Balaban J connectivity index is 2.62. The summed E-state index contributed by atoms with van der Waals surface area (Å²) < 4.78 is 38.1. The third-order valence-electron chi connectivity index (χ3n) is 3.24. The fourth-order valence-electron chi connectivity index (χ4n) is 2.24. The molecule has 0 heterocycles. The highest BCUT2D eigenvalue weighted by Gasteiger charge is 2.18. The molecule has 0 bridgehead atoms. The van der Waals surface area contributed by atoms with E-state index in [9.17, 15) is 13.0 Å². The average Bonchev–Trinajstić information content (AvgIpc) is 2.51. The Hall–Kier alpha value is -1.21. The van der Waals surface area contributed by atoms with Crippen LogP contribution in [-0.2, 0) is 26.8 Å². The van der Waals surface area contributed by atoms with Gasteiger partial charge in [-0.05, 0) is 29.7 Å². The van der Waals surface area contributed by atoms with Gasteiger partial charge in [0.15, 0.2) is 0 Å². The molecule has 0 aliphatic rings. The van der Waals surface area contributed by atoms with E-state index in [1.165, 1.54) is 6.07 Å². The molecule has 0 radical (unpaired) electrons. The third kappa shape index (κ3) is 3.95. The van der Waals surface area contributed by atoms with Crippen molar-refractivity contribution in [3.63, 3.8) is 0 Å². The van der Waals surface area contributed by atoms with Crippen molar-refractivity contribution in [1.29, 1.82) is 0 Å². The number of rotatable bonds is 6. The van der Waals surface area contributed by atoms with E-state index in [2.05, 4.69) is 15.9 Å². The van der Waals surface area contributed by atoms with Crippen LogP contribution in [0.4, 0.5) is 0 Å². The molecular weight excluding hydrogens is 368 g/mol. The molecule has 0 saturated heterocycles. The Morgan fingerprint density at radius 3 is 2.50 bits per heavy atom. The van der Waals surface area contributed by atoms with E-state index in [4.69, 9.17) is 4.74 Å². The van der Waals surface area contributed by atoms with Crippen LogP contribution >= 0.6 is 15.9 Å². The molecule has 0 atom stereocenters. The summed E-state index contributed by atoms with van der Waals surface area (Å²) >= 11 is 3.41. The standard InChI is InChI=1S/C16H17BrO4S/c1-2-21-11-13-9-12(10-17)7-8-14(13)15-5-3-4-6-16(15)22(18,19)20/h3-9H,2,10-11H2,1H3,(H,18,19,20). The highest BCUT2D eigenvalue weighted by molar-refractivity contribution is 9.08. The quantitative estimate of drug-likeness (QED) is 0.602. The number of ether oxygens (including phenoxy) is 1. The zero-order valence-electron chi connectivity index (χ0n) is 12.1. The summed E-state index contributed by atoms with van der Waals surface area (Å²) in [7, 11) is -4.28. The maximum Gasteiger partial charge on any atom is 0.295 e. The molecule has 2 aromatic rings. The second-order valence-corrected chi connectivity index (χ2v) is 6.68. The minimum atomic E-state index is -4.28. The van der Waals surface area contributed by atoms with Crippen LogP contribution in [0, 0.1) is 0 Å². The Bertz CT molecular complexity index is 756. The van der Waals surface area contributed by atoms with Crippen molar-refractivity contribution >= 4 is 26.0 Å². The van der Waals surface area contributed by atoms with Gasteiger partial charge in [0.25, 0.3) is 10.1 Å². The minimum Gasteiger partial charge on any atom is -0.377 e. The molecule has 0 aliphatic carbocycles. The van der Waals surface area contributed by atoms with E-state index >= 15 is 0 Å². The first-order chi connectivity index (χ1) is 10.5. The summed E-state index contributed by atoms with van der Waals surface area (Å²) in [5.41, 5.74) is 3.17. The SMILES string of the molecule is CCOCc1cc(CBr)ccc1-c1ccccc1S(=O)(=O)O. The first-order valence-electron chi connectivity index (χ1n) is 6.79. The summed E-state index contributed by atoms with van der Waals surface area (Å²) in [6.45, 7) is 2.85. The second kappa shape index (κ2) is 7.37. The largest absolute Gasteiger partial charge is 0.377 e. The Labute approximate surface area is 139 Å². The highest BCUT2D eigenvalue weighted by Crippen LogP contribution is 2.31. The molecule has 0 amide bonds. The van der Waals surface area contributed by atoms with Crippen LogP contribution in [0.5, 0.6) is 0 Å². The zero-order valence-corrected chi connectivity index (χ0v) is 14.5. The molecule has 2 aromatic carbocycles. The van der Waals surface area contributed by atoms with Crippen molar-refractivity contribution in [3.8, 4) is 11.1 Å². The fraction of sp³-hybridized carbons (Fsp3) is 0.250. The minimum absolute atomic E-state index is 0.0978. The van der Waals surface area contributed by atoms with Gasteiger partial charge in [-0.25, -0.2) is 0 Å². The van der Waals surface area contributed by atoms with Crippen LogP contribution in [0.25, 0.3) is 11.1 Å². The van der Waals surface area contributed by atoms with Crippen molar-refractivity contribution in [1.82, 2.24) is 0 Å². The summed E-state index contributed by atoms with van der Waals surface area (Å²) in [5, 5.41) is 0.701. The first-order valence-corrected chi connectivity index (χ1v) is 9.36. The molecule has 118 valence electrons. The van der Waals surface area contributed by atoms with Crippen molar-refractivity contribution in [2.24, 2.45) is 0 Å². The number of hydrogen-bond acceptors (Lipinski definition) is 3. The smallest absolute Gasteiger partial charge is 0.295 e. The summed E-state index contributed by atoms with van der Waals surface area (Å²) in [5.74, 6) is 0. The lowest BCUT2D eigenvalue weighted by Gasteiger charge is -2.14. The van der Waals surface area contributed by atoms with Gasteiger partial charge in [0.1, 0.15) is 4.90 Å². The maximum absolute atomic E-state index is 11.6. The lowest BCUT2D eigenvalue weighted by Crippen LogP contribution is -2.03. The van der Waals surface area contributed by atoms with Crippen LogP contribution in [0.15, 0.2) is 47.4 Å². The predicted octanol–water partition coefficient (Wildman–Crippen LogP) is 4.03. The molecule has 0 aliphatic heterocycles. The number of alkyl halides is 1. The van der Waals surface area contributed by atoms with Gasteiger partial charge >= 0.3 is 0 Å². The van der Waals surface area contributed by atoms with Gasteiger partial charge in [-0.2, -0.15) is 8.42 Å². The average molecular weight is 385 g/mol. The van der Waals surface area contributed by atoms with Crippen LogP contribution in [0.1, 0.15) is 18.1 Å². The topological polar surface area (TPSA) is 63.6 Å². The molecular formula is C16H17BrO4S. The van der Waals surface area contributed by atoms with E-state index < -0.39 is 10.1 Å². The first kappa shape index (κ1) is 17.1. The van der Waals surface area contributed by atoms with E-state index in [0.717, 1.165) is 16.7 Å². The Kier molecular flexibility index (Phi) is 5.74. The highest BCUT2D eigenvalue weighted by atomic mass is 79.9. The Morgan fingerprint density at radius 1 is 1.14 bits per heavy atom. The van der Waals surface area contributed by atoms with E-state index in [-0.39, 0.29) is 4.90 Å². The van der Waals surface area contributed by atoms with Gasteiger partial charge in [0.2, 0.25) is 0 Å². The predicted molar refractivity (Wildman–Crippen MR) is 89.7 cm³/mol. The van der Waals surface area contributed by atoms with Crippen molar-refractivity contribution in [2.75, 3.05) is 6.61 Å². The Morgan fingerprint density at radius 2 is 1.86 bits per heavy atom. The molecule has 0 fully saturated rings. The van der Waals surface area contributed by atoms with E-state index in [0.29, 0.717) is 24.1 Å². The fourth-order valence-corrected chi connectivity index (χ4v) is 3.29. The van der Waals surface area contributed by atoms with Gasteiger partial charge in [-0.1, -0.05) is 52.3 Å². The summed E-state index contributed by atoms with van der Waals surface area (Å²) in [4.78, 5) is -0.0978. The zero-order chi connectivity index (χ0) is 16.2. The third-order valence-corrected chi connectivity index (χ3v) is 4.80. The van der Waals surface area contributed by atoms with Gasteiger partial charge in [0.05, 0.1) is 6.61 Å². The molecule has 0 aromatic heterocycles. The molecule has 0 spiro atoms.